The van der Waals surface area contributed by atoms with Crippen LogP contribution >= 0.6 is 0 Å². The van der Waals surface area contributed by atoms with Gasteiger partial charge in [0.05, 0.1) is 0 Å². The molecule has 0 unspecified atom stereocenters. The molecule has 8 nitrogen and oxygen atoms in total. The summed E-state index contributed by atoms with van der Waals surface area (Å²) in [5.41, 5.74) is 2.83. The van der Waals surface area contributed by atoms with E-state index in [2.05, 4.69) is 29.4 Å². The smallest absolute Gasteiger partial charge is 0.251 e. The van der Waals surface area contributed by atoms with Crippen LogP contribution in [0.1, 0.15) is 62.7 Å². The van der Waals surface area contributed by atoms with Gasteiger partial charge in [-0.2, -0.15) is 0 Å². The highest BCUT2D eigenvalue weighted by Gasteiger charge is 2.07. The second-order valence-corrected chi connectivity index (χ2v) is 6.86. The second-order valence-electron chi connectivity index (χ2n) is 6.86. The van der Waals surface area contributed by atoms with Crippen molar-refractivity contribution in [1.82, 2.24) is 15.7 Å². The molecule has 0 aliphatic heterocycles. The highest BCUT2D eigenvalue weighted by Crippen LogP contribution is 2.11. The molecule has 0 aromatic heterocycles. The number of likely N-dealkylation sites (N-methyl/N-ethyl adjacent to an activating group) is 1. The number of hydrogen-bond acceptors (Lipinski definition) is 5. The Bertz CT molecular complexity index is 630. The minimum atomic E-state index is -0.385. The second kappa shape index (κ2) is 14.5. The Balaban J connectivity index is 2.26. The molecule has 0 saturated heterocycles. The molecule has 0 spiro atoms. The Morgan fingerprint density at radius 3 is 2.03 bits per heavy atom. The number of rotatable bonds is 14. The molecule has 0 atom stereocenters. The van der Waals surface area contributed by atoms with E-state index in [1.165, 1.54) is 0 Å². The van der Waals surface area contributed by atoms with Crippen molar-refractivity contribution in [3.05, 3.63) is 29.8 Å². The Morgan fingerprint density at radius 1 is 0.897 bits per heavy atom. The van der Waals surface area contributed by atoms with Gasteiger partial charge >= 0.3 is 0 Å². The Morgan fingerprint density at radius 2 is 1.48 bits per heavy atom. The van der Waals surface area contributed by atoms with Crippen LogP contribution in [0.15, 0.2) is 24.3 Å². The Labute approximate surface area is 173 Å². The van der Waals surface area contributed by atoms with E-state index in [1.807, 2.05) is 0 Å². The van der Waals surface area contributed by atoms with Gasteiger partial charge in [-0.25, -0.2) is 5.48 Å². The molecule has 0 aliphatic rings. The van der Waals surface area contributed by atoms with Crippen molar-refractivity contribution in [3.63, 3.8) is 0 Å². The number of carbonyl (C=O) groups is 3. The van der Waals surface area contributed by atoms with Crippen molar-refractivity contribution in [1.29, 1.82) is 0 Å². The van der Waals surface area contributed by atoms with Crippen molar-refractivity contribution in [2.24, 2.45) is 0 Å². The van der Waals surface area contributed by atoms with Crippen molar-refractivity contribution < 1.29 is 19.6 Å². The largest absolute Gasteiger partial charge is 0.351 e. The quantitative estimate of drug-likeness (QED) is 0.216. The number of hydroxylamine groups is 1. The summed E-state index contributed by atoms with van der Waals surface area (Å²) in [6.45, 7) is 7.53. The van der Waals surface area contributed by atoms with Gasteiger partial charge in [0.1, 0.15) is 0 Å². The first kappa shape index (κ1) is 24.6. The number of unbranched alkanes of at least 4 members (excludes halogenated alkanes) is 3. The molecule has 0 bridgehead atoms. The zero-order chi connectivity index (χ0) is 21.5. The fraction of sp³-hybridized carbons (Fsp3) is 0.571. The topological polar surface area (TPSA) is 111 Å². The van der Waals surface area contributed by atoms with E-state index in [1.54, 1.807) is 29.7 Å². The van der Waals surface area contributed by atoms with E-state index in [0.29, 0.717) is 30.6 Å². The first-order chi connectivity index (χ1) is 14.0. The molecular formula is C21H34N4O4. The third kappa shape index (κ3) is 10.6. The van der Waals surface area contributed by atoms with Crippen LogP contribution in [0.2, 0.25) is 0 Å². The molecule has 1 rings (SSSR count). The van der Waals surface area contributed by atoms with Crippen LogP contribution in [0.25, 0.3) is 0 Å². The lowest BCUT2D eigenvalue weighted by Gasteiger charge is -2.18. The molecule has 0 radical (unpaired) electrons. The molecule has 0 saturated carbocycles. The molecule has 8 heteroatoms. The van der Waals surface area contributed by atoms with Gasteiger partial charge in [-0.15, -0.1) is 0 Å². The van der Waals surface area contributed by atoms with Gasteiger partial charge in [0, 0.05) is 37.2 Å². The lowest BCUT2D eigenvalue weighted by atomic mass is 10.1. The van der Waals surface area contributed by atoms with Crippen LogP contribution < -0.4 is 16.1 Å². The van der Waals surface area contributed by atoms with Gasteiger partial charge in [-0.3, -0.25) is 19.6 Å². The molecule has 0 aliphatic carbocycles. The van der Waals surface area contributed by atoms with Crippen LogP contribution in [0.4, 0.5) is 5.69 Å². The number of anilines is 1. The summed E-state index contributed by atoms with van der Waals surface area (Å²) in [4.78, 5) is 37.3. The van der Waals surface area contributed by atoms with E-state index >= 15 is 0 Å². The van der Waals surface area contributed by atoms with Crippen molar-refractivity contribution >= 4 is 23.4 Å². The van der Waals surface area contributed by atoms with Crippen LogP contribution in [-0.4, -0.2) is 54.0 Å². The number of nitrogens with one attached hydrogen (secondary N) is 3. The summed E-state index contributed by atoms with van der Waals surface area (Å²) < 4.78 is 0. The molecule has 4 N–H and O–H groups in total. The fourth-order valence-electron chi connectivity index (χ4n) is 2.88. The molecular weight excluding hydrogens is 372 g/mol. The predicted molar refractivity (Wildman–Crippen MR) is 113 cm³/mol. The lowest BCUT2D eigenvalue weighted by Crippen LogP contribution is -2.34. The molecule has 0 heterocycles. The summed E-state index contributed by atoms with van der Waals surface area (Å²) in [5.74, 6) is -0.580. The van der Waals surface area contributed by atoms with Gasteiger partial charge in [0.25, 0.3) is 5.91 Å². The van der Waals surface area contributed by atoms with E-state index in [0.717, 1.165) is 38.9 Å². The van der Waals surface area contributed by atoms with Crippen LogP contribution in [-0.2, 0) is 9.59 Å². The molecule has 162 valence electrons. The average molecular weight is 407 g/mol. The van der Waals surface area contributed by atoms with Crippen LogP contribution in [0, 0.1) is 0 Å². The van der Waals surface area contributed by atoms with E-state index in [4.69, 9.17) is 5.21 Å². The third-order valence-corrected chi connectivity index (χ3v) is 4.72. The number of carbonyl (C=O) groups excluding carboxylic acids is 3. The Hall–Kier alpha value is -2.45. The molecule has 29 heavy (non-hydrogen) atoms. The van der Waals surface area contributed by atoms with Crippen LogP contribution in [0.5, 0.6) is 0 Å². The SMILES string of the molecule is CCN(CC)CCNC(=O)c1ccc(NC(=O)CCCCCCC(=O)NO)cc1. The van der Waals surface area contributed by atoms with E-state index in [-0.39, 0.29) is 24.1 Å². The van der Waals surface area contributed by atoms with Gasteiger partial charge in [-0.05, 0) is 50.2 Å². The predicted octanol–water partition coefficient (Wildman–Crippen LogP) is 2.54. The maximum absolute atomic E-state index is 12.2. The minimum Gasteiger partial charge on any atom is -0.351 e. The standard InChI is InChI=1S/C21H34N4O4/c1-3-25(4-2)16-15-22-21(28)17-11-13-18(14-12-17)23-19(26)9-7-5-6-8-10-20(27)24-29/h11-14,29H,3-10,15-16H2,1-2H3,(H,22,28)(H,23,26)(H,24,27). The fourth-order valence-corrected chi connectivity index (χ4v) is 2.88. The first-order valence-electron chi connectivity index (χ1n) is 10.3. The molecule has 1 aromatic carbocycles. The molecule has 3 amide bonds. The summed E-state index contributed by atoms with van der Waals surface area (Å²) in [6, 6.07) is 6.86. The van der Waals surface area contributed by atoms with Crippen molar-refractivity contribution in [3.8, 4) is 0 Å². The number of benzene rings is 1. The summed E-state index contributed by atoms with van der Waals surface area (Å²) in [6.07, 6.45) is 3.79. The summed E-state index contributed by atoms with van der Waals surface area (Å²) in [7, 11) is 0. The summed E-state index contributed by atoms with van der Waals surface area (Å²) >= 11 is 0. The zero-order valence-electron chi connectivity index (χ0n) is 17.5. The Kier molecular flexibility index (Phi) is 12.3. The highest BCUT2D eigenvalue weighted by molar-refractivity contribution is 5.95. The van der Waals surface area contributed by atoms with E-state index in [9.17, 15) is 14.4 Å². The maximum Gasteiger partial charge on any atom is 0.251 e. The first-order valence-corrected chi connectivity index (χ1v) is 10.3. The lowest BCUT2D eigenvalue weighted by molar-refractivity contribution is -0.129. The number of amides is 3. The highest BCUT2D eigenvalue weighted by atomic mass is 16.5. The van der Waals surface area contributed by atoms with Crippen LogP contribution in [0.3, 0.4) is 0 Å². The minimum absolute atomic E-state index is 0.0745. The normalized spacial score (nSPS) is 10.6. The number of hydrogen-bond donors (Lipinski definition) is 4. The van der Waals surface area contributed by atoms with Crippen molar-refractivity contribution in [2.75, 3.05) is 31.5 Å². The average Bonchev–Trinajstić information content (AvgIpc) is 2.73. The van der Waals surface area contributed by atoms with Crippen molar-refractivity contribution in [2.45, 2.75) is 52.4 Å². The third-order valence-electron chi connectivity index (χ3n) is 4.72. The van der Waals surface area contributed by atoms with Gasteiger partial charge in [-0.1, -0.05) is 26.7 Å². The van der Waals surface area contributed by atoms with Gasteiger partial charge in [0.2, 0.25) is 11.8 Å². The molecule has 0 fully saturated rings. The number of nitrogens with zero attached hydrogens (tertiary/aromatic N) is 1. The van der Waals surface area contributed by atoms with Gasteiger partial charge < -0.3 is 15.5 Å². The summed E-state index contributed by atoms with van der Waals surface area (Å²) in [5, 5.41) is 14.1. The maximum atomic E-state index is 12.2. The monoisotopic (exact) mass is 406 g/mol. The van der Waals surface area contributed by atoms with E-state index < -0.39 is 0 Å². The molecule has 1 aromatic rings. The zero-order valence-corrected chi connectivity index (χ0v) is 17.5. The van der Waals surface area contributed by atoms with Gasteiger partial charge in [0.15, 0.2) is 0 Å².